The molecule has 5 nitrogen and oxygen atoms in total. The maximum atomic E-state index is 15.7. The fourth-order valence-electron chi connectivity index (χ4n) is 5.33. The molecule has 0 amide bonds. The second-order valence-corrected chi connectivity index (χ2v) is 11.8. The lowest BCUT2D eigenvalue weighted by molar-refractivity contribution is -0.141. The maximum Gasteiger partial charge on any atom is 0.416 e. The van der Waals surface area contributed by atoms with Crippen molar-refractivity contribution in [3.8, 4) is 5.75 Å². The zero-order valence-corrected chi connectivity index (χ0v) is 23.6. The number of methoxy groups -OCH3 is 1. The predicted molar refractivity (Wildman–Crippen MR) is 149 cm³/mol. The minimum Gasteiger partial charge on any atom is -0.497 e. The van der Waals surface area contributed by atoms with Gasteiger partial charge in [-0.3, -0.25) is 9.78 Å². The zero-order chi connectivity index (χ0) is 28.9. The molecule has 216 valence electrons. The third kappa shape index (κ3) is 7.59. The highest BCUT2D eigenvalue weighted by atomic mass is 35.5. The average Bonchev–Trinajstić information content (AvgIpc) is 2.92. The third-order valence-corrected chi connectivity index (χ3v) is 8.87. The van der Waals surface area contributed by atoms with Crippen molar-refractivity contribution >= 4 is 40.2 Å². The Balaban J connectivity index is 1.36. The summed E-state index contributed by atoms with van der Waals surface area (Å²) in [7, 11) is 1.53. The highest BCUT2D eigenvalue weighted by Crippen LogP contribution is 2.44. The van der Waals surface area contributed by atoms with E-state index in [4.69, 9.17) is 16.3 Å². The van der Waals surface area contributed by atoms with E-state index in [2.05, 4.69) is 9.88 Å². The van der Waals surface area contributed by atoms with Crippen LogP contribution in [0, 0.1) is 5.41 Å². The average molecular weight is 599 g/mol. The van der Waals surface area contributed by atoms with Crippen LogP contribution in [-0.2, 0) is 11.0 Å². The molecular weight excluding hydrogens is 568 g/mol. The van der Waals surface area contributed by atoms with Crippen LogP contribution in [0.5, 0.6) is 5.75 Å². The number of benzene rings is 2. The number of aromatic nitrogens is 1. The van der Waals surface area contributed by atoms with E-state index in [1.54, 1.807) is 24.3 Å². The first-order chi connectivity index (χ1) is 19.0. The number of ether oxygens (including phenoxy) is 1. The lowest BCUT2D eigenvalue weighted by Gasteiger charge is -2.41. The van der Waals surface area contributed by atoms with Gasteiger partial charge in [0.25, 0.3) is 0 Å². The summed E-state index contributed by atoms with van der Waals surface area (Å²) < 4.78 is 60.0. The number of hydrogen-bond donors (Lipinski definition) is 1. The quantitative estimate of drug-likeness (QED) is 0.178. The molecule has 0 bridgehead atoms. The Morgan fingerprint density at radius 3 is 2.65 bits per heavy atom. The Kier molecular flexibility index (Phi) is 9.85. The van der Waals surface area contributed by atoms with Crippen molar-refractivity contribution < 1.29 is 32.2 Å². The Morgan fingerprint density at radius 1 is 1.23 bits per heavy atom. The van der Waals surface area contributed by atoms with E-state index in [0.29, 0.717) is 71.8 Å². The van der Waals surface area contributed by atoms with Crippen LogP contribution in [0.1, 0.15) is 49.4 Å². The molecule has 1 fully saturated rings. The first kappa shape index (κ1) is 30.4. The van der Waals surface area contributed by atoms with Crippen molar-refractivity contribution in [2.75, 3.05) is 32.5 Å². The van der Waals surface area contributed by atoms with E-state index >= 15 is 4.39 Å². The Hall–Kier alpha value is -2.56. The van der Waals surface area contributed by atoms with Gasteiger partial charge in [0.1, 0.15) is 11.9 Å². The normalized spacial score (nSPS) is 16.6. The minimum absolute atomic E-state index is 0.0504. The molecule has 0 saturated carbocycles. The number of carboxylic acids is 1. The highest BCUT2D eigenvalue weighted by molar-refractivity contribution is 7.99. The molecule has 2 heterocycles. The van der Waals surface area contributed by atoms with E-state index in [-0.39, 0.29) is 17.9 Å². The monoisotopic (exact) mass is 598 g/mol. The van der Waals surface area contributed by atoms with E-state index in [1.807, 2.05) is 0 Å². The van der Waals surface area contributed by atoms with Gasteiger partial charge in [-0.1, -0.05) is 17.7 Å². The molecule has 1 atom stereocenters. The SMILES string of the molecule is COc1ccc2ncc(Cl)c(C(F)CCC3(CC(=O)O)CCN(CCSc4cccc(C(F)(F)F)c4)CC3)c2c1. The predicted octanol–water partition coefficient (Wildman–Crippen LogP) is 8.06. The molecule has 0 aliphatic carbocycles. The first-order valence-corrected chi connectivity index (χ1v) is 14.4. The summed E-state index contributed by atoms with van der Waals surface area (Å²) in [6.45, 7) is 1.95. The largest absolute Gasteiger partial charge is 0.497 e. The standard InChI is InChI=1S/C29H31ClF4N2O3S/c1-39-20-5-6-25-22(16-20)27(23(30)18-35-25)24(31)7-8-28(17-26(37)38)9-11-36(12-10-28)13-14-40-21-4-2-3-19(15-21)29(32,33)34/h2-6,15-16,18,24H,7-14,17H2,1H3,(H,37,38). The maximum absolute atomic E-state index is 15.7. The topological polar surface area (TPSA) is 62.7 Å². The third-order valence-electron chi connectivity index (χ3n) is 7.59. The van der Waals surface area contributed by atoms with Crippen LogP contribution in [0.2, 0.25) is 5.02 Å². The number of aliphatic carboxylic acids is 1. The molecule has 11 heteroatoms. The summed E-state index contributed by atoms with van der Waals surface area (Å²) in [5.41, 5.74) is -0.284. The molecule has 4 rings (SSSR count). The number of carboxylic acid groups (broad SMARTS) is 1. The molecule has 0 spiro atoms. The van der Waals surface area contributed by atoms with Crippen LogP contribution in [0.15, 0.2) is 53.6 Å². The van der Waals surface area contributed by atoms with E-state index in [1.165, 1.54) is 31.1 Å². The van der Waals surface area contributed by atoms with Crippen LogP contribution < -0.4 is 4.74 Å². The number of pyridine rings is 1. The lowest BCUT2D eigenvalue weighted by atomic mass is 9.71. The molecule has 1 aliphatic rings. The zero-order valence-electron chi connectivity index (χ0n) is 22.0. The Bertz CT molecular complexity index is 1330. The Morgan fingerprint density at radius 2 is 1.98 bits per heavy atom. The van der Waals surface area contributed by atoms with E-state index in [9.17, 15) is 23.1 Å². The molecule has 40 heavy (non-hydrogen) atoms. The number of alkyl halides is 4. The van der Waals surface area contributed by atoms with Gasteiger partial charge in [0.05, 0.1) is 29.6 Å². The van der Waals surface area contributed by atoms with Crippen LogP contribution in [0.4, 0.5) is 17.6 Å². The highest BCUT2D eigenvalue weighted by Gasteiger charge is 2.37. The number of rotatable bonds is 11. The van der Waals surface area contributed by atoms with Crippen LogP contribution in [0.3, 0.4) is 0 Å². The molecule has 2 aromatic carbocycles. The minimum atomic E-state index is -4.38. The van der Waals surface area contributed by atoms with Crippen molar-refractivity contribution in [1.82, 2.24) is 9.88 Å². The number of hydrogen-bond acceptors (Lipinski definition) is 5. The number of carbonyl (C=O) groups is 1. The number of nitrogens with zero attached hydrogens (tertiary/aromatic N) is 2. The summed E-state index contributed by atoms with van der Waals surface area (Å²) in [5.74, 6) is 0.253. The molecule has 1 aliphatic heterocycles. The van der Waals surface area contributed by atoms with Gasteiger partial charge >= 0.3 is 12.1 Å². The molecule has 1 unspecified atom stereocenters. The second-order valence-electron chi connectivity index (χ2n) is 10.2. The first-order valence-electron chi connectivity index (χ1n) is 13.0. The molecule has 0 radical (unpaired) electrons. The number of thioether (sulfide) groups is 1. The lowest BCUT2D eigenvalue weighted by Crippen LogP contribution is -2.42. The van der Waals surface area contributed by atoms with Crippen LogP contribution >= 0.6 is 23.4 Å². The fraction of sp³-hybridized carbons (Fsp3) is 0.448. The van der Waals surface area contributed by atoms with Gasteiger partial charge in [-0.15, -0.1) is 11.8 Å². The smallest absolute Gasteiger partial charge is 0.416 e. The van der Waals surface area contributed by atoms with Gasteiger partial charge < -0.3 is 14.7 Å². The molecular formula is C29H31ClF4N2O3S. The van der Waals surface area contributed by atoms with Gasteiger partial charge in [0.2, 0.25) is 0 Å². The van der Waals surface area contributed by atoms with E-state index in [0.717, 1.165) is 12.1 Å². The molecule has 1 saturated heterocycles. The molecule has 1 aromatic heterocycles. The van der Waals surface area contributed by atoms with Gasteiger partial charge in [-0.2, -0.15) is 13.2 Å². The number of fused-ring (bicyclic) bond motifs is 1. The summed E-state index contributed by atoms with van der Waals surface area (Å²) in [6, 6.07) is 10.5. The summed E-state index contributed by atoms with van der Waals surface area (Å²) in [4.78, 5) is 18.8. The van der Waals surface area contributed by atoms with Crippen molar-refractivity contribution in [1.29, 1.82) is 0 Å². The Labute approximate surface area is 239 Å². The summed E-state index contributed by atoms with van der Waals surface area (Å²) in [6.07, 6.45) is -2.70. The summed E-state index contributed by atoms with van der Waals surface area (Å²) in [5, 5.41) is 10.4. The van der Waals surface area contributed by atoms with Gasteiger partial charge in [0.15, 0.2) is 0 Å². The van der Waals surface area contributed by atoms with Crippen LogP contribution in [0.25, 0.3) is 10.9 Å². The second kappa shape index (κ2) is 13.0. The van der Waals surface area contributed by atoms with Crippen molar-refractivity contribution in [3.05, 3.63) is 64.8 Å². The van der Waals surface area contributed by atoms with Crippen LogP contribution in [-0.4, -0.2) is 53.5 Å². The van der Waals surface area contributed by atoms with Crippen molar-refractivity contribution in [2.24, 2.45) is 5.41 Å². The van der Waals surface area contributed by atoms with E-state index < -0.39 is 29.3 Å². The van der Waals surface area contributed by atoms with Gasteiger partial charge in [0, 0.05) is 34.3 Å². The molecule has 1 N–H and O–H groups in total. The molecule has 3 aromatic rings. The number of likely N-dealkylation sites (tertiary alicyclic amines) is 1. The fourth-order valence-corrected chi connectivity index (χ4v) is 6.57. The van der Waals surface area contributed by atoms with Crippen molar-refractivity contribution in [3.63, 3.8) is 0 Å². The van der Waals surface area contributed by atoms with Gasteiger partial charge in [-0.25, -0.2) is 4.39 Å². The number of piperidine rings is 1. The number of halogens is 5. The van der Waals surface area contributed by atoms with Gasteiger partial charge in [-0.05, 0) is 80.6 Å². The summed E-state index contributed by atoms with van der Waals surface area (Å²) >= 11 is 7.73. The van der Waals surface area contributed by atoms with Crippen molar-refractivity contribution in [2.45, 2.75) is 49.3 Å².